The van der Waals surface area contributed by atoms with Gasteiger partial charge in [0, 0.05) is 28.8 Å². The lowest BCUT2D eigenvalue weighted by Gasteiger charge is -2.36. The van der Waals surface area contributed by atoms with Crippen molar-refractivity contribution in [2.24, 2.45) is 0 Å². The first-order valence-corrected chi connectivity index (χ1v) is 9.76. The van der Waals surface area contributed by atoms with Gasteiger partial charge >= 0.3 is 11.9 Å². The summed E-state index contributed by atoms with van der Waals surface area (Å²) in [6.45, 7) is 0. The number of esters is 2. The molecular weight excluding hydrogens is 431 g/mol. The van der Waals surface area contributed by atoms with Crippen LogP contribution < -0.4 is 9.47 Å². The van der Waals surface area contributed by atoms with E-state index in [9.17, 15) is 14.7 Å². The standard InChI is InChI=1S/C22H12Cl2O6/c23-19(24)21(27)28-12-6-8-16-18(10-12)29-17-9-11(25)5-7-15(17)22(16)14-4-2-1-3-13(14)20(26)30-22/h1-10,19,25H. The molecule has 6 nitrogen and oxygen atoms in total. The number of phenolic OH excluding ortho intramolecular Hbond substituents is 1. The van der Waals surface area contributed by atoms with E-state index < -0.39 is 22.4 Å². The van der Waals surface area contributed by atoms with Crippen LogP contribution in [0.3, 0.4) is 0 Å². The van der Waals surface area contributed by atoms with E-state index in [2.05, 4.69) is 0 Å². The highest BCUT2D eigenvalue weighted by Gasteiger charge is 2.53. The maximum atomic E-state index is 12.7. The molecule has 3 aromatic carbocycles. The molecule has 2 aliphatic heterocycles. The molecule has 150 valence electrons. The fraction of sp³-hybridized carbons (Fsp3) is 0.0909. The van der Waals surface area contributed by atoms with E-state index in [1.165, 1.54) is 24.3 Å². The minimum absolute atomic E-state index is 0.0142. The van der Waals surface area contributed by atoms with E-state index in [1.54, 1.807) is 24.3 Å². The number of aromatic hydroxyl groups is 1. The van der Waals surface area contributed by atoms with Gasteiger partial charge in [0.25, 0.3) is 0 Å². The van der Waals surface area contributed by atoms with Crippen LogP contribution in [0.25, 0.3) is 0 Å². The van der Waals surface area contributed by atoms with E-state index in [4.69, 9.17) is 37.4 Å². The van der Waals surface area contributed by atoms with Gasteiger partial charge in [-0.2, -0.15) is 0 Å². The minimum Gasteiger partial charge on any atom is -0.508 e. The smallest absolute Gasteiger partial charge is 0.344 e. The lowest BCUT2D eigenvalue weighted by atomic mass is 9.77. The average Bonchev–Trinajstić information content (AvgIpc) is 3.01. The first-order chi connectivity index (χ1) is 14.4. The zero-order chi connectivity index (χ0) is 21.0. The summed E-state index contributed by atoms with van der Waals surface area (Å²) < 4.78 is 17.1. The van der Waals surface area contributed by atoms with Gasteiger partial charge in [0.15, 0.2) is 5.60 Å². The first kappa shape index (κ1) is 18.8. The van der Waals surface area contributed by atoms with E-state index in [0.29, 0.717) is 33.8 Å². The predicted octanol–water partition coefficient (Wildman–Crippen LogP) is 4.67. The lowest BCUT2D eigenvalue weighted by Crippen LogP contribution is -2.33. The number of rotatable bonds is 2. The Bertz CT molecular complexity index is 1220. The Balaban J connectivity index is 1.74. The van der Waals surface area contributed by atoms with Gasteiger partial charge in [0.05, 0.1) is 5.56 Å². The van der Waals surface area contributed by atoms with Crippen molar-refractivity contribution in [1.29, 1.82) is 0 Å². The molecule has 8 heteroatoms. The van der Waals surface area contributed by atoms with Gasteiger partial charge in [-0.1, -0.05) is 41.4 Å². The SMILES string of the molecule is O=C1OC2(c3ccc(O)cc3Oc3cc(OC(=O)C(Cl)Cl)ccc32)c2ccccc21. The second kappa shape index (κ2) is 6.65. The van der Waals surface area contributed by atoms with Crippen LogP contribution in [0.2, 0.25) is 0 Å². The number of halogens is 2. The van der Waals surface area contributed by atoms with Crippen molar-refractivity contribution in [3.63, 3.8) is 0 Å². The maximum Gasteiger partial charge on any atom is 0.344 e. The van der Waals surface area contributed by atoms with Gasteiger partial charge in [-0.15, -0.1) is 0 Å². The minimum atomic E-state index is -1.34. The predicted molar refractivity (Wildman–Crippen MR) is 107 cm³/mol. The van der Waals surface area contributed by atoms with Crippen molar-refractivity contribution in [3.05, 3.63) is 82.9 Å². The number of benzene rings is 3. The number of alkyl halides is 2. The summed E-state index contributed by atoms with van der Waals surface area (Å²) >= 11 is 11.1. The normalized spacial score (nSPS) is 18.3. The molecule has 1 atom stereocenters. The molecule has 5 rings (SSSR count). The summed E-state index contributed by atoms with van der Waals surface area (Å²) in [5.74, 6) is -0.563. The van der Waals surface area contributed by atoms with Gasteiger partial charge < -0.3 is 19.3 Å². The van der Waals surface area contributed by atoms with Gasteiger partial charge in [-0.25, -0.2) is 9.59 Å². The Morgan fingerprint density at radius 2 is 1.67 bits per heavy atom. The first-order valence-electron chi connectivity index (χ1n) is 8.89. The molecule has 0 aliphatic carbocycles. The van der Waals surface area contributed by atoms with Crippen LogP contribution in [0.4, 0.5) is 0 Å². The Labute approximate surface area is 180 Å². The number of carbonyl (C=O) groups is 2. The van der Waals surface area contributed by atoms with E-state index in [-0.39, 0.29) is 11.5 Å². The number of ether oxygens (including phenoxy) is 3. The lowest BCUT2D eigenvalue weighted by molar-refractivity contribution is -0.132. The molecule has 1 unspecified atom stereocenters. The summed E-state index contributed by atoms with van der Waals surface area (Å²) in [6.07, 6.45) is 0. The molecule has 1 spiro atoms. The molecular formula is C22H12Cl2O6. The zero-order valence-electron chi connectivity index (χ0n) is 15.1. The molecule has 0 aromatic heterocycles. The van der Waals surface area contributed by atoms with E-state index in [1.807, 2.05) is 12.1 Å². The number of phenols is 1. The zero-order valence-corrected chi connectivity index (χ0v) is 16.6. The van der Waals surface area contributed by atoms with Crippen molar-refractivity contribution < 1.29 is 28.9 Å². The number of fused-ring (bicyclic) bond motifs is 6. The largest absolute Gasteiger partial charge is 0.508 e. The van der Waals surface area contributed by atoms with Crippen LogP contribution in [0.15, 0.2) is 60.7 Å². The van der Waals surface area contributed by atoms with Gasteiger partial charge in [0.1, 0.15) is 23.0 Å². The molecule has 0 fully saturated rings. The van der Waals surface area contributed by atoms with Crippen molar-refractivity contribution in [3.8, 4) is 23.0 Å². The van der Waals surface area contributed by atoms with E-state index in [0.717, 1.165) is 0 Å². The Hall–Kier alpha value is -3.22. The van der Waals surface area contributed by atoms with Crippen LogP contribution in [0.1, 0.15) is 27.0 Å². The van der Waals surface area contributed by atoms with Crippen molar-refractivity contribution in [2.75, 3.05) is 0 Å². The van der Waals surface area contributed by atoms with Crippen molar-refractivity contribution in [2.45, 2.75) is 10.4 Å². The molecule has 2 aliphatic rings. The number of hydrogen-bond donors (Lipinski definition) is 1. The number of carbonyl (C=O) groups excluding carboxylic acids is 2. The quantitative estimate of drug-likeness (QED) is 0.352. The summed E-state index contributed by atoms with van der Waals surface area (Å²) in [5.41, 5.74) is 0.934. The topological polar surface area (TPSA) is 82.1 Å². The summed E-state index contributed by atoms with van der Waals surface area (Å²) in [6, 6.07) is 16.3. The molecule has 2 heterocycles. The number of hydrogen-bond acceptors (Lipinski definition) is 6. The monoisotopic (exact) mass is 442 g/mol. The summed E-state index contributed by atoms with van der Waals surface area (Å²) in [7, 11) is 0. The van der Waals surface area contributed by atoms with Gasteiger partial charge in [-0.3, -0.25) is 0 Å². The molecule has 0 bridgehead atoms. The summed E-state index contributed by atoms with van der Waals surface area (Å²) in [4.78, 5) is 23.1. The third-order valence-electron chi connectivity index (χ3n) is 5.07. The Kier molecular flexibility index (Phi) is 4.17. The molecule has 0 radical (unpaired) electrons. The Morgan fingerprint density at radius 1 is 0.967 bits per heavy atom. The van der Waals surface area contributed by atoms with Crippen LogP contribution in [0, 0.1) is 0 Å². The fourth-order valence-electron chi connectivity index (χ4n) is 3.87. The molecule has 0 saturated carbocycles. The van der Waals surface area contributed by atoms with Crippen LogP contribution >= 0.6 is 23.2 Å². The third kappa shape index (κ3) is 2.65. The highest BCUT2D eigenvalue weighted by molar-refractivity contribution is 6.53. The maximum absolute atomic E-state index is 12.7. The Morgan fingerprint density at radius 3 is 2.43 bits per heavy atom. The van der Waals surface area contributed by atoms with Crippen LogP contribution in [-0.4, -0.2) is 21.9 Å². The third-order valence-corrected chi connectivity index (χ3v) is 5.42. The van der Waals surface area contributed by atoms with Gasteiger partial charge in [0.2, 0.25) is 4.84 Å². The summed E-state index contributed by atoms with van der Waals surface area (Å²) in [5, 5.41) is 9.96. The van der Waals surface area contributed by atoms with Crippen LogP contribution in [-0.2, 0) is 15.1 Å². The highest BCUT2D eigenvalue weighted by Crippen LogP contribution is 2.56. The molecule has 30 heavy (non-hydrogen) atoms. The van der Waals surface area contributed by atoms with Crippen molar-refractivity contribution in [1.82, 2.24) is 0 Å². The molecule has 3 aromatic rings. The molecule has 1 N–H and O–H groups in total. The average molecular weight is 443 g/mol. The second-order valence-electron chi connectivity index (χ2n) is 6.78. The highest BCUT2D eigenvalue weighted by atomic mass is 35.5. The fourth-order valence-corrected chi connectivity index (χ4v) is 3.96. The second-order valence-corrected chi connectivity index (χ2v) is 7.87. The van der Waals surface area contributed by atoms with Gasteiger partial charge in [-0.05, 0) is 30.3 Å². The van der Waals surface area contributed by atoms with E-state index >= 15 is 0 Å². The van der Waals surface area contributed by atoms with Crippen LogP contribution in [0.5, 0.6) is 23.0 Å². The van der Waals surface area contributed by atoms with Crippen molar-refractivity contribution >= 4 is 35.1 Å². The molecule has 0 saturated heterocycles. The molecule has 0 amide bonds.